The standard InChI is InChI=1S/C22H28O4/c1-12-8-14-15-4-5-16(19(26)11-23)22(15,3)10-18(25)20(14)21(2)7-6-13(24)9-17(12)21/h6-7,9,11-12,14-15,18,20,25-26H,4-5,8,10H2,1-3H3/b19-16-/t12?,14-,15-,18?,20+,21-,22-/m0/s1. The van der Waals surface area contributed by atoms with Crippen LogP contribution in [-0.2, 0) is 9.59 Å². The second kappa shape index (κ2) is 5.66. The Labute approximate surface area is 154 Å². The van der Waals surface area contributed by atoms with Gasteiger partial charge in [-0.3, -0.25) is 9.59 Å². The van der Waals surface area contributed by atoms with Gasteiger partial charge in [0.05, 0.1) is 6.10 Å². The predicted molar refractivity (Wildman–Crippen MR) is 98.3 cm³/mol. The van der Waals surface area contributed by atoms with Crippen molar-refractivity contribution in [1.29, 1.82) is 0 Å². The molecule has 0 aromatic carbocycles. The van der Waals surface area contributed by atoms with Gasteiger partial charge in [-0.1, -0.05) is 32.4 Å². The average molecular weight is 356 g/mol. The Morgan fingerprint density at radius 2 is 2.08 bits per heavy atom. The first kappa shape index (κ1) is 17.7. The molecule has 3 fully saturated rings. The third-order valence-corrected chi connectivity index (χ3v) is 8.02. The molecule has 26 heavy (non-hydrogen) atoms. The van der Waals surface area contributed by atoms with Crippen LogP contribution in [-0.4, -0.2) is 28.4 Å². The van der Waals surface area contributed by atoms with Crippen molar-refractivity contribution in [1.82, 2.24) is 0 Å². The molecule has 0 aliphatic heterocycles. The normalized spacial score (nSPS) is 49.0. The smallest absolute Gasteiger partial charge is 0.184 e. The Balaban J connectivity index is 1.80. The number of allylic oxidation sites excluding steroid dienone is 6. The van der Waals surface area contributed by atoms with Gasteiger partial charge in [-0.05, 0) is 66.6 Å². The van der Waals surface area contributed by atoms with Crippen molar-refractivity contribution in [2.75, 3.05) is 0 Å². The van der Waals surface area contributed by atoms with Gasteiger partial charge < -0.3 is 10.2 Å². The van der Waals surface area contributed by atoms with Crippen molar-refractivity contribution in [3.8, 4) is 0 Å². The predicted octanol–water partition coefficient (Wildman–Crippen LogP) is 3.52. The van der Waals surface area contributed by atoms with Gasteiger partial charge in [0.25, 0.3) is 0 Å². The Morgan fingerprint density at radius 3 is 2.77 bits per heavy atom. The fourth-order valence-corrected chi connectivity index (χ4v) is 7.05. The summed E-state index contributed by atoms with van der Waals surface area (Å²) in [5, 5.41) is 21.3. The number of aliphatic hydroxyl groups excluding tert-OH is 2. The van der Waals surface area contributed by atoms with E-state index in [0.29, 0.717) is 24.5 Å². The van der Waals surface area contributed by atoms with Gasteiger partial charge in [-0.25, -0.2) is 0 Å². The highest BCUT2D eigenvalue weighted by Crippen LogP contribution is 2.66. The second-order valence-corrected chi connectivity index (χ2v) is 9.26. The van der Waals surface area contributed by atoms with Crippen molar-refractivity contribution < 1.29 is 19.8 Å². The molecule has 4 nitrogen and oxygen atoms in total. The van der Waals surface area contributed by atoms with E-state index in [9.17, 15) is 19.8 Å². The van der Waals surface area contributed by atoms with Crippen LogP contribution in [0.25, 0.3) is 0 Å². The van der Waals surface area contributed by atoms with Crippen molar-refractivity contribution in [3.05, 3.63) is 35.1 Å². The summed E-state index contributed by atoms with van der Waals surface area (Å²) in [7, 11) is 0. The molecular formula is C22H28O4. The zero-order valence-electron chi connectivity index (χ0n) is 15.7. The minimum atomic E-state index is -0.521. The number of carbonyl (C=O) groups excluding carboxylic acids is 2. The molecule has 0 aromatic heterocycles. The third-order valence-electron chi connectivity index (χ3n) is 8.02. The largest absolute Gasteiger partial charge is 0.505 e. The number of rotatable bonds is 1. The van der Waals surface area contributed by atoms with E-state index < -0.39 is 6.10 Å². The SMILES string of the molecule is CC1C[C@@H]2[C@H](C(O)C[C@]3(C)/C(=C(\O)C=O)CC[C@@H]23)[C@@]2(C)C=CC(=O)C=C12. The van der Waals surface area contributed by atoms with E-state index in [-0.39, 0.29) is 34.2 Å². The Kier molecular flexibility index (Phi) is 3.85. The molecule has 0 aromatic rings. The molecule has 0 bridgehead atoms. The van der Waals surface area contributed by atoms with Gasteiger partial charge in [-0.15, -0.1) is 0 Å². The molecule has 2 N–H and O–H groups in total. The van der Waals surface area contributed by atoms with Crippen LogP contribution in [0.1, 0.15) is 46.5 Å². The third kappa shape index (κ3) is 2.17. The lowest BCUT2D eigenvalue weighted by molar-refractivity contribution is -0.114. The number of aliphatic hydroxyl groups is 2. The monoisotopic (exact) mass is 356 g/mol. The molecule has 4 heteroatoms. The molecule has 140 valence electrons. The fourth-order valence-electron chi connectivity index (χ4n) is 7.05. The summed E-state index contributed by atoms with van der Waals surface area (Å²) in [4.78, 5) is 23.1. The van der Waals surface area contributed by atoms with Gasteiger partial charge in [0.15, 0.2) is 17.8 Å². The quantitative estimate of drug-likeness (QED) is 0.428. The maximum atomic E-state index is 11.9. The highest BCUT2D eigenvalue weighted by atomic mass is 16.3. The second-order valence-electron chi connectivity index (χ2n) is 9.26. The summed E-state index contributed by atoms with van der Waals surface area (Å²) < 4.78 is 0. The summed E-state index contributed by atoms with van der Waals surface area (Å²) in [5.41, 5.74) is 1.36. The maximum Gasteiger partial charge on any atom is 0.184 e. The van der Waals surface area contributed by atoms with Crippen LogP contribution in [0.4, 0.5) is 0 Å². The summed E-state index contributed by atoms with van der Waals surface area (Å²) in [6.45, 7) is 6.45. The molecule has 0 radical (unpaired) electrons. The number of hydrogen-bond acceptors (Lipinski definition) is 4. The molecule has 0 heterocycles. The molecule has 0 amide bonds. The molecule has 2 unspecified atom stereocenters. The summed E-state index contributed by atoms with van der Waals surface area (Å²) in [6.07, 6.45) is 8.64. The first-order valence-corrected chi connectivity index (χ1v) is 9.73. The van der Waals surface area contributed by atoms with E-state index in [1.54, 1.807) is 12.2 Å². The zero-order valence-corrected chi connectivity index (χ0v) is 15.7. The van der Waals surface area contributed by atoms with E-state index in [1.807, 2.05) is 6.08 Å². The molecule has 4 aliphatic rings. The van der Waals surface area contributed by atoms with E-state index in [1.165, 1.54) is 0 Å². The molecule has 0 spiro atoms. The number of aldehydes is 1. The van der Waals surface area contributed by atoms with E-state index >= 15 is 0 Å². The zero-order chi connectivity index (χ0) is 18.9. The average Bonchev–Trinajstić information content (AvgIpc) is 2.92. The number of hydrogen-bond donors (Lipinski definition) is 2. The summed E-state index contributed by atoms with van der Waals surface area (Å²) in [6, 6.07) is 0. The van der Waals surface area contributed by atoms with Crippen LogP contribution < -0.4 is 0 Å². The fraction of sp³-hybridized carbons (Fsp3) is 0.636. The number of carbonyl (C=O) groups is 2. The molecule has 4 rings (SSSR count). The van der Waals surface area contributed by atoms with E-state index in [2.05, 4.69) is 20.8 Å². The lowest BCUT2D eigenvalue weighted by Crippen LogP contribution is -2.56. The van der Waals surface area contributed by atoms with Gasteiger partial charge in [0.2, 0.25) is 0 Å². The lowest BCUT2D eigenvalue weighted by Gasteiger charge is -2.59. The van der Waals surface area contributed by atoms with Crippen LogP contribution in [0.15, 0.2) is 35.1 Å². The molecule has 3 saturated carbocycles. The lowest BCUT2D eigenvalue weighted by atomic mass is 9.45. The first-order chi connectivity index (χ1) is 12.2. The minimum absolute atomic E-state index is 0.0416. The van der Waals surface area contributed by atoms with Crippen molar-refractivity contribution in [2.24, 2.45) is 34.5 Å². The highest BCUT2D eigenvalue weighted by molar-refractivity contribution is 6.01. The number of ketones is 1. The van der Waals surface area contributed by atoms with Crippen molar-refractivity contribution in [3.63, 3.8) is 0 Å². The van der Waals surface area contributed by atoms with Gasteiger partial charge >= 0.3 is 0 Å². The van der Waals surface area contributed by atoms with Gasteiger partial charge in [-0.2, -0.15) is 0 Å². The molecule has 4 aliphatic carbocycles. The van der Waals surface area contributed by atoms with Crippen LogP contribution in [0, 0.1) is 34.5 Å². The van der Waals surface area contributed by atoms with Gasteiger partial charge in [0.1, 0.15) is 0 Å². The minimum Gasteiger partial charge on any atom is -0.505 e. The van der Waals surface area contributed by atoms with Gasteiger partial charge in [0, 0.05) is 11.3 Å². The van der Waals surface area contributed by atoms with Crippen molar-refractivity contribution >= 4 is 12.1 Å². The van der Waals surface area contributed by atoms with E-state index in [0.717, 1.165) is 30.4 Å². The van der Waals surface area contributed by atoms with E-state index in [4.69, 9.17) is 0 Å². The first-order valence-electron chi connectivity index (χ1n) is 9.73. The van der Waals surface area contributed by atoms with Crippen LogP contribution in [0.3, 0.4) is 0 Å². The molecular weight excluding hydrogens is 328 g/mol. The number of fused-ring (bicyclic) bond motifs is 5. The van der Waals surface area contributed by atoms with Crippen LogP contribution in [0.2, 0.25) is 0 Å². The van der Waals surface area contributed by atoms with Crippen LogP contribution in [0.5, 0.6) is 0 Å². The summed E-state index contributed by atoms with van der Waals surface area (Å²) >= 11 is 0. The molecule has 7 atom stereocenters. The summed E-state index contributed by atoms with van der Waals surface area (Å²) in [5.74, 6) is 0.928. The van der Waals surface area contributed by atoms with Crippen LogP contribution >= 0.6 is 0 Å². The topological polar surface area (TPSA) is 74.6 Å². The Morgan fingerprint density at radius 1 is 1.35 bits per heavy atom. The van der Waals surface area contributed by atoms with Crippen molar-refractivity contribution in [2.45, 2.75) is 52.6 Å². The Bertz CT molecular complexity index is 760. The Hall–Kier alpha value is -1.68. The maximum absolute atomic E-state index is 11.9. The molecule has 0 saturated heterocycles. The highest BCUT2D eigenvalue weighted by Gasteiger charge is 2.61.